The number of halogens is 3. The van der Waals surface area contributed by atoms with Gasteiger partial charge in [0.25, 0.3) is 0 Å². The van der Waals surface area contributed by atoms with Gasteiger partial charge in [-0.1, -0.05) is 12.1 Å². The van der Waals surface area contributed by atoms with E-state index in [2.05, 4.69) is 4.84 Å². The van der Waals surface area contributed by atoms with Crippen molar-refractivity contribution in [1.29, 1.82) is 0 Å². The van der Waals surface area contributed by atoms with Gasteiger partial charge in [-0.05, 0) is 6.07 Å². The van der Waals surface area contributed by atoms with Crippen LogP contribution in [0, 0.1) is 0 Å². The molecule has 0 spiro atoms. The normalized spacial score (nSPS) is 11.7. The minimum absolute atomic E-state index is 0.143. The van der Waals surface area contributed by atoms with Crippen LogP contribution in [0.25, 0.3) is 0 Å². The second-order valence-corrected chi connectivity index (χ2v) is 3.01. The Labute approximate surface area is 89.2 Å². The molecule has 0 aliphatic rings. The highest BCUT2D eigenvalue weighted by Gasteiger charge is 2.27. The van der Waals surface area contributed by atoms with E-state index in [1.165, 1.54) is 18.2 Å². The van der Waals surface area contributed by atoms with Gasteiger partial charge in [0.05, 0.1) is 0 Å². The lowest BCUT2D eigenvalue weighted by molar-refractivity contribution is -0.190. The maximum atomic E-state index is 11.7. The first-order valence-corrected chi connectivity index (χ1v) is 4.31. The third-order valence-corrected chi connectivity index (χ3v) is 1.70. The minimum Gasteiger partial charge on any atom is -0.504 e. The zero-order valence-electron chi connectivity index (χ0n) is 8.08. The molecule has 0 saturated heterocycles. The Morgan fingerprint density at radius 1 is 1.25 bits per heavy atom. The summed E-state index contributed by atoms with van der Waals surface area (Å²) in [6.07, 6.45) is -4.41. The van der Waals surface area contributed by atoms with Crippen molar-refractivity contribution in [2.24, 2.45) is 0 Å². The summed E-state index contributed by atoms with van der Waals surface area (Å²) in [5.74, 6) is -0.722. The first-order valence-electron chi connectivity index (χ1n) is 4.31. The maximum Gasteiger partial charge on any atom is 0.413 e. The molecule has 1 aromatic carbocycles. The first kappa shape index (κ1) is 12.6. The molecule has 0 bridgehead atoms. The van der Waals surface area contributed by atoms with Crippen molar-refractivity contribution in [2.75, 3.05) is 6.61 Å². The van der Waals surface area contributed by atoms with Crippen LogP contribution < -0.4 is 5.48 Å². The number of rotatable bonds is 4. The third-order valence-electron chi connectivity index (χ3n) is 1.70. The van der Waals surface area contributed by atoms with Gasteiger partial charge in [0.15, 0.2) is 18.1 Å². The molecule has 7 heteroatoms. The monoisotopic (exact) mass is 237 g/mol. The molecular weight excluding hydrogens is 227 g/mol. The SMILES string of the molecule is Oc1cccc(CNOCC(F)(F)F)c1O. The number of hydroxylamine groups is 1. The molecule has 4 nitrogen and oxygen atoms in total. The lowest BCUT2D eigenvalue weighted by atomic mass is 10.2. The molecule has 0 aliphatic carbocycles. The molecule has 1 rings (SSSR count). The standard InChI is InChI=1S/C9H10F3NO3/c10-9(11,12)5-16-13-4-6-2-1-3-7(14)8(6)15/h1-3,13-15H,4-5H2. The van der Waals surface area contributed by atoms with Gasteiger partial charge in [0, 0.05) is 12.1 Å². The molecular formula is C9H10F3NO3. The molecule has 3 N–H and O–H groups in total. The summed E-state index contributed by atoms with van der Waals surface area (Å²) in [6, 6.07) is 4.16. The van der Waals surface area contributed by atoms with Crippen molar-refractivity contribution < 1.29 is 28.2 Å². The highest BCUT2D eigenvalue weighted by molar-refractivity contribution is 5.44. The Bertz CT molecular complexity index is 354. The molecule has 0 saturated carbocycles. The van der Waals surface area contributed by atoms with Crippen molar-refractivity contribution in [3.8, 4) is 11.5 Å². The summed E-state index contributed by atoms with van der Waals surface area (Å²) < 4.78 is 35.0. The fourth-order valence-electron chi connectivity index (χ4n) is 0.982. The van der Waals surface area contributed by atoms with Crippen molar-refractivity contribution in [2.45, 2.75) is 12.7 Å². The van der Waals surface area contributed by atoms with E-state index in [0.717, 1.165) is 0 Å². The summed E-state index contributed by atoms with van der Waals surface area (Å²) in [6.45, 7) is -1.57. The van der Waals surface area contributed by atoms with Crippen LogP contribution in [0.4, 0.5) is 13.2 Å². The Morgan fingerprint density at radius 2 is 1.94 bits per heavy atom. The number of para-hydroxylation sites is 1. The third kappa shape index (κ3) is 3.95. The number of phenols is 2. The minimum atomic E-state index is -4.41. The molecule has 0 unspecified atom stereocenters. The van der Waals surface area contributed by atoms with Crippen LogP contribution >= 0.6 is 0 Å². The number of hydrogen-bond donors (Lipinski definition) is 3. The van der Waals surface area contributed by atoms with Crippen LogP contribution in [0.1, 0.15) is 5.56 Å². The number of hydrogen-bond acceptors (Lipinski definition) is 4. The second-order valence-electron chi connectivity index (χ2n) is 3.01. The van der Waals surface area contributed by atoms with Crippen molar-refractivity contribution in [3.63, 3.8) is 0 Å². The van der Waals surface area contributed by atoms with E-state index in [1.54, 1.807) is 0 Å². The molecule has 0 radical (unpaired) electrons. The summed E-state index contributed by atoms with van der Waals surface area (Å²) in [4.78, 5) is 4.13. The second kappa shape index (κ2) is 5.04. The Kier molecular flexibility index (Phi) is 3.97. The fourth-order valence-corrected chi connectivity index (χ4v) is 0.982. The summed E-state index contributed by atoms with van der Waals surface area (Å²) >= 11 is 0. The summed E-state index contributed by atoms with van der Waals surface area (Å²) in [5.41, 5.74) is 2.27. The summed E-state index contributed by atoms with van der Waals surface area (Å²) in [5, 5.41) is 18.4. The van der Waals surface area contributed by atoms with Crippen LogP contribution in [0.2, 0.25) is 0 Å². The molecule has 0 atom stereocenters. The lowest BCUT2D eigenvalue weighted by Crippen LogP contribution is -2.24. The Morgan fingerprint density at radius 3 is 2.56 bits per heavy atom. The van der Waals surface area contributed by atoms with Gasteiger partial charge in [-0.2, -0.15) is 18.7 Å². The predicted molar refractivity (Wildman–Crippen MR) is 48.6 cm³/mol. The van der Waals surface area contributed by atoms with Crippen molar-refractivity contribution in [3.05, 3.63) is 23.8 Å². The highest BCUT2D eigenvalue weighted by atomic mass is 19.4. The number of alkyl halides is 3. The molecule has 0 aromatic heterocycles. The zero-order chi connectivity index (χ0) is 12.2. The summed E-state index contributed by atoms with van der Waals surface area (Å²) in [7, 11) is 0. The van der Waals surface area contributed by atoms with Crippen molar-refractivity contribution in [1.82, 2.24) is 5.48 Å². The van der Waals surface area contributed by atoms with Gasteiger partial charge in [-0.3, -0.25) is 4.84 Å². The van der Waals surface area contributed by atoms with E-state index in [4.69, 9.17) is 5.11 Å². The number of aromatic hydroxyl groups is 2. The average molecular weight is 237 g/mol. The van der Waals surface area contributed by atoms with Gasteiger partial charge in [-0.15, -0.1) is 0 Å². The zero-order valence-corrected chi connectivity index (χ0v) is 8.08. The molecule has 16 heavy (non-hydrogen) atoms. The van der Waals surface area contributed by atoms with Crippen LogP contribution in [0.5, 0.6) is 11.5 Å². The quantitative estimate of drug-likeness (QED) is 0.423. The van der Waals surface area contributed by atoms with E-state index in [9.17, 15) is 18.3 Å². The van der Waals surface area contributed by atoms with Crippen molar-refractivity contribution >= 4 is 0 Å². The first-order chi connectivity index (χ1) is 7.40. The van der Waals surface area contributed by atoms with Gasteiger partial charge in [-0.25, -0.2) is 0 Å². The van der Waals surface area contributed by atoms with Crippen LogP contribution in [0.3, 0.4) is 0 Å². The average Bonchev–Trinajstić information content (AvgIpc) is 2.17. The van der Waals surface area contributed by atoms with Crippen LogP contribution in [-0.2, 0) is 11.4 Å². The Hall–Kier alpha value is -1.47. The topological polar surface area (TPSA) is 61.7 Å². The van der Waals surface area contributed by atoms with Gasteiger partial charge < -0.3 is 10.2 Å². The molecule has 0 aliphatic heterocycles. The van der Waals surface area contributed by atoms with Crippen LogP contribution in [0.15, 0.2) is 18.2 Å². The van der Waals surface area contributed by atoms with Crippen LogP contribution in [-0.4, -0.2) is 23.0 Å². The van der Waals surface area contributed by atoms with E-state index in [0.29, 0.717) is 0 Å². The number of phenolic OH excluding ortho intramolecular Hbond substituents is 2. The Balaban J connectivity index is 2.41. The smallest absolute Gasteiger partial charge is 0.413 e. The lowest BCUT2D eigenvalue weighted by Gasteiger charge is -2.09. The van der Waals surface area contributed by atoms with Gasteiger partial charge in [0.2, 0.25) is 0 Å². The molecule has 0 amide bonds. The molecule has 0 heterocycles. The maximum absolute atomic E-state index is 11.7. The predicted octanol–water partition coefficient (Wildman–Crippen LogP) is 1.68. The van der Waals surface area contributed by atoms with E-state index < -0.39 is 12.8 Å². The van der Waals surface area contributed by atoms with E-state index in [-0.39, 0.29) is 23.6 Å². The largest absolute Gasteiger partial charge is 0.504 e. The number of benzene rings is 1. The highest BCUT2D eigenvalue weighted by Crippen LogP contribution is 2.27. The molecule has 0 fully saturated rings. The van der Waals surface area contributed by atoms with E-state index in [1.807, 2.05) is 5.48 Å². The van der Waals surface area contributed by atoms with Gasteiger partial charge in [0.1, 0.15) is 0 Å². The number of nitrogens with one attached hydrogen (secondary N) is 1. The van der Waals surface area contributed by atoms with E-state index >= 15 is 0 Å². The fraction of sp³-hybridized carbons (Fsp3) is 0.333. The molecule has 1 aromatic rings. The molecule has 90 valence electrons. The van der Waals surface area contributed by atoms with Gasteiger partial charge >= 0.3 is 6.18 Å².